The Hall–Kier alpha value is -2.29. The summed E-state index contributed by atoms with van der Waals surface area (Å²) in [5.41, 5.74) is -0.150. The van der Waals surface area contributed by atoms with Gasteiger partial charge in [0.25, 0.3) is 17.4 Å². The molecule has 0 radical (unpaired) electrons. The highest BCUT2D eigenvalue weighted by Crippen LogP contribution is 2.31. The van der Waals surface area contributed by atoms with Crippen LogP contribution < -0.4 is 4.90 Å². The third kappa shape index (κ3) is 2.77. The molecule has 0 fully saturated rings. The van der Waals surface area contributed by atoms with Gasteiger partial charge in [-0.1, -0.05) is 6.92 Å². The molecule has 0 aliphatic carbocycles. The lowest BCUT2D eigenvalue weighted by Gasteiger charge is -2.15. The van der Waals surface area contributed by atoms with Crippen LogP contribution in [-0.2, 0) is 14.6 Å². The number of anilines is 1. The highest BCUT2D eigenvalue weighted by atomic mass is 32.2. The van der Waals surface area contributed by atoms with Crippen molar-refractivity contribution in [1.29, 1.82) is 0 Å². The Balaban J connectivity index is 2.34. The highest BCUT2D eigenvalue weighted by molar-refractivity contribution is 7.91. The van der Waals surface area contributed by atoms with Gasteiger partial charge in [0.05, 0.1) is 21.9 Å². The molecule has 1 aromatic rings. The van der Waals surface area contributed by atoms with Crippen molar-refractivity contribution in [1.82, 2.24) is 0 Å². The van der Waals surface area contributed by atoms with Crippen molar-refractivity contribution in [3.05, 3.63) is 33.9 Å². The number of amides is 1. The number of fused-ring (bicyclic) bond motifs is 1. The van der Waals surface area contributed by atoms with E-state index in [-0.39, 0.29) is 35.0 Å². The topological polar surface area (TPSA) is 115 Å². The molecule has 0 unspecified atom stereocenters. The number of nitrogens with zero attached hydrogens (tertiary/aromatic N) is 2. The van der Waals surface area contributed by atoms with Crippen LogP contribution in [0.5, 0.6) is 0 Å². The van der Waals surface area contributed by atoms with E-state index >= 15 is 0 Å². The lowest BCUT2D eigenvalue weighted by atomic mass is 10.1. The second kappa shape index (κ2) is 5.24. The summed E-state index contributed by atoms with van der Waals surface area (Å²) >= 11 is 0. The minimum atomic E-state index is -3.29. The van der Waals surface area contributed by atoms with Gasteiger partial charge in [0.15, 0.2) is 9.84 Å². The Morgan fingerprint density at radius 2 is 1.95 bits per heavy atom. The first-order valence-electron chi connectivity index (χ1n) is 6.12. The Morgan fingerprint density at radius 1 is 1.29 bits per heavy atom. The van der Waals surface area contributed by atoms with Crippen LogP contribution in [0.3, 0.4) is 0 Å². The molecular formula is C12H12N2O6S. The third-order valence-corrected chi connectivity index (χ3v) is 4.92. The van der Waals surface area contributed by atoms with Crippen LogP contribution in [-0.4, -0.2) is 43.1 Å². The number of rotatable bonds is 5. The van der Waals surface area contributed by atoms with Crippen LogP contribution in [0, 0.1) is 10.1 Å². The predicted molar refractivity (Wildman–Crippen MR) is 74.1 cm³/mol. The Labute approximate surface area is 120 Å². The molecule has 0 saturated carbocycles. The van der Waals surface area contributed by atoms with E-state index in [1.54, 1.807) is 0 Å². The second-order valence-electron chi connectivity index (χ2n) is 4.48. The number of Topliss-reactive ketones (excluding diaryl/α,β-unsaturated/α-hetero) is 1. The van der Waals surface area contributed by atoms with Crippen LogP contribution >= 0.6 is 0 Å². The molecule has 8 nitrogen and oxygen atoms in total. The number of ketones is 1. The number of non-ortho nitro benzene ring substituents is 1. The van der Waals surface area contributed by atoms with Crippen LogP contribution in [0.4, 0.5) is 11.4 Å². The molecule has 1 aliphatic heterocycles. The fourth-order valence-corrected chi connectivity index (χ4v) is 2.75. The minimum Gasteiger partial charge on any atom is -0.304 e. The number of nitro groups is 1. The number of carbonyl (C=O) groups excluding carboxylic acids is 2. The number of nitro benzene ring substituents is 1. The summed E-state index contributed by atoms with van der Waals surface area (Å²) in [5.74, 6) is -2.05. The summed E-state index contributed by atoms with van der Waals surface area (Å²) in [5, 5.41) is 10.7. The quantitative estimate of drug-likeness (QED) is 0.446. The molecule has 1 aromatic carbocycles. The third-order valence-electron chi connectivity index (χ3n) is 3.23. The van der Waals surface area contributed by atoms with E-state index in [0.29, 0.717) is 0 Å². The summed E-state index contributed by atoms with van der Waals surface area (Å²) in [7, 11) is -3.29. The van der Waals surface area contributed by atoms with Crippen molar-refractivity contribution < 1.29 is 22.9 Å². The summed E-state index contributed by atoms with van der Waals surface area (Å²) in [6.07, 6.45) is 0. The van der Waals surface area contributed by atoms with E-state index in [4.69, 9.17) is 0 Å². The normalized spacial score (nSPS) is 14.4. The van der Waals surface area contributed by atoms with Crippen molar-refractivity contribution in [2.45, 2.75) is 6.92 Å². The zero-order valence-corrected chi connectivity index (χ0v) is 11.9. The Morgan fingerprint density at radius 3 is 2.52 bits per heavy atom. The SMILES string of the molecule is CCS(=O)(=O)CCN1C(=O)C(=O)c2cc([N+](=O)[O-])ccc21. The molecular weight excluding hydrogens is 300 g/mol. The van der Waals surface area contributed by atoms with Crippen molar-refractivity contribution >= 4 is 32.9 Å². The first kappa shape index (κ1) is 15.1. The van der Waals surface area contributed by atoms with Crippen molar-refractivity contribution in [3.8, 4) is 0 Å². The zero-order chi connectivity index (χ0) is 15.8. The highest BCUT2D eigenvalue weighted by Gasteiger charge is 2.37. The molecule has 2 rings (SSSR count). The van der Waals surface area contributed by atoms with Gasteiger partial charge in [-0.15, -0.1) is 0 Å². The molecule has 0 bridgehead atoms. The molecule has 1 heterocycles. The predicted octanol–water partition coefficient (Wildman–Crippen LogP) is 0.559. The van der Waals surface area contributed by atoms with Gasteiger partial charge in [0.1, 0.15) is 0 Å². The molecule has 0 aromatic heterocycles. The van der Waals surface area contributed by atoms with E-state index in [2.05, 4.69) is 0 Å². The fourth-order valence-electron chi connectivity index (χ4n) is 2.00. The molecule has 0 saturated heterocycles. The molecule has 9 heteroatoms. The van der Waals surface area contributed by atoms with Gasteiger partial charge in [-0.25, -0.2) is 8.42 Å². The standard InChI is InChI=1S/C12H12N2O6S/c1-2-21(19,20)6-5-13-10-4-3-8(14(17)18)7-9(10)11(15)12(13)16/h3-4,7H,2,5-6H2,1H3. The summed E-state index contributed by atoms with van der Waals surface area (Å²) in [6, 6.07) is 3.49. The van der Waals surface area contributed by atoms with Gasteiger partial charge in [-0.3, -0.25) is 19.7 Å². The van der Waals surface area contributed by atoms with Crippen LogP contribution in [0.2, 0.25) is 0 Å². The lowest BCUT2D eigenvalue weighted by Crippen LogP contribution is -2.34. The number of hydrogen-bond donors (Lipinski definition) is 0. The summed E-state index contributed by atoms with van der Waals surface area (Å²) in [6.45, 7) is 1.34. The first-order valence-corrected chi connectivity index (χ1v) is 7.94. The number of benzene rings is 1. The minimum absolute atomic E-state index is 0.0594. The largest absolute Gasteiger partial charge is 0.304 e. The van der Waals surface area contributed by atoms with Crippen molar-refractivity contribution in [3.63, 3.8) is 0 Å². The van der Waals surface area contributed by atoms with Gasteiger partial charge < -0.3 is 4.90 Å². The van der Waals surface area contributed by atoms with E-state index in [0.717, 1.165) is 11.0 Å². The number of carbonyl (C=O) groups is 2. The Kier molecular flexibility index (Phi) is 3.77. The van der Waals surface area contributed by atoms with Crippen molar-refractivity contribution in [2.24, 2.45) is 0 Å². The van der Waals surface area contributed by atoms with Gasteiger partial charge in [0.2, 0.25) is 0 Å². The Bertz CT molecular complexity index is 740. The molecule has 0 atom stereocenters. The summed E-state index contributed by atoms with van der Waals surface area (Å²) in [4.78, 5) is 34.7. The van der Waals surface area contributed by atoms with Crippen LogP contribution in [0.15, 0.2) is 18.2 Å². The van der Waals surface area contributed by atoms with Gasteiger partial charge in [-0.05, 0) is 6.07 Å². The average Bonchev–Trinajstić information content (AvgIpc) is 2.68. The molecule has 0 N–H and O–H groups in total. The van der Waals surface area contributed by atoms with E-state index in [1.165, 1.54) is 19.1 Å². The average molecular weight is 312 g/mol. The monoisotopic (exact) mass is 312 g/mol. The maximum absolute atomic E-state index is 11.9. The second-order valence-corrected chi connectivity index (χ2v) is 6.95. The van der Waals surface area contributed by atoms with Crippen LogP contribution in [0.1, 0.15) is 17.3 Å². The smallest absolute Gasteiger partial charge is 0.299 e. The lowest BCUT2D eigenvalue weighted by molar-refractivity contribution is -0.384. The maximum Gasteiger partial charge on any atom is 0.299 e. The van der Waals surface area contributed by atoms with Crippen molar-refractivity contribution in [2.75, 3.05) is 23.0 Å². The molecule has 1 amide bonds. The maximum atomic E-state index is 11.9. The number of hydrogen-bond acceptors (Lipinski definition) is 6. The van der Waals surface area contributed by atoms with E-state index in [9.17, 15) is 28.1 Å². The van der Waals surface area contributed by atoms with Gasteiger partial charge in [0, 0.05) is 24.4 Å². The van der Waals surface area contributed by atoms with E-state index < -0.39 is 26.5 Å². The fraction of sp³-hybridized carbons (Fsp3) is 0.333. The number of sulfone groups is 1. The molecule has 21 heavy (non-hydrogen) atoms. The van der Waals surface area contributed by atoms with Crippen LogP contribution in [0.25, 0.3) is 0 Å². The van der Waals surface area contributed by atoms with E-state index in [1.807, 2.05) is 0 Å². The summed E-state index contributed by atoms with van der Waals surface area (Å²) < 4.78 is 23.0. The van der Waals surface area contributed by atoms with Gasteiger partial charge >= 0.3 is 0 Å². The van der Waals surface area contributed by atoms with Gasteiger partial charge in [-0.2, -0.15) is 0 Å². The zero-order valence-electron chi connectivity index (χ0n) is 11.1. The molecule has 1 aliphatic rings. The molecule has 0 spiro atoms. The molecule has 112 valence electrons. The first-order chi connectivity index (χ1) is 9.76.